The minimum Gasteiger partial charge on any atom is -0.343 e. The Morgan fingerprint density at radius 2 is 1.94 bits per heavy atom. The maximum absolute atomic E-state index is 10.4. The third-order valence-electron chi connectivity index (χ3n) is 1.78. The maximum atomic E-state index is 10.4. The largest absolute Gasteiger partial charge is 0.343 e. The van der Waals surface area contributed by atoms with E-state index in [-0.39, 0.29) is 0 Å². The number of amides is 1. The van der Waals surface area contributed by atoms with Crippen molar-refractivity contribution in [3.8, 4) is 0 Å². The summed E-state index contributed by atoms with van der Waals surface area (Å²) in [4.78, 5) is 10.4. The van der Waals surface area contributed by atoms with E-state index < -0.39 is 9.17 Å². The van der Waals surface area contributed by atoms with Crippen LogP contribution in [0.25, 0.3) is 0 Å². The van der Waals surface area contributed by atoms with Gasteiger partial charge in [0.1, 0.15) is 5.37 Å². The molecule has 1 rings (SSSR count). The van der Waals surface area contributed by atoms with Crippen molar-refractivity contribution in [1.29, 1.82) is 0 Å². The van der Waals surface area contributed by atoms with Crippen LogP contribution in [0.3, 0.4) is 0 Å². The molecule has 1 atom stereocenters. The van der Waals surface area contributed by atoms with Crippen molar-refractivity contribution >= 4 is 53.0 Å². The predicted octanol–water partition coefficient (Wildman–Crippen LogP) is 3.36. The molecule has 1 amide bonds. The standard InChI is InChI=1S/C10H10Cl3NOS/c11-10(12,13)9(14-7-15)16-6-8-4-2-1-3-5-8/h1-5,7,9H,6H2,(H,14,15)/t9-/m1/s1. The van der Waals surface area contributed by atoms with Crippen molar-refractivity contribution in [3.63, 3.8) is 0 Å². The van der Waals surface area contributed by atoms with Crippen LogP contribution >= 0.6 is 46.6 Å². The summed E-state index contributed by atoms with van der Waals surface area (Å²) < 4.78 is -1.51. The van der Waals surface area contributed by atoms with Crippen LogP contribution in [-0.2, 0) is 10.5 Å². The van der Waals surface area contributed by atoms with Crippen LogP contribution in [-0.4, -0.2) is 15.6 Å². The third-order valence-corrected chi connectivity index (χ3v) is 4.14. The van der Waals surface area contributed by atoms with Gasteiger partial charge < -0.3 is 5.32 Å². The minimum atomic E-state index is -1.51. The van der Waals surface area contributed by atoms with E-state index in [1.54, 1.807) is 0 Å². The minimum absolute atomic E-state index is 0.532. The van der Waals surface area contributed by atoms with Crippen LogP contribution in [0.2, 0.25) is 0 Å². The molecule has 2 nitrogen and oxygen atoms in total. The van der Waals surface area contributed by atoms with Gasteiger partial charge in [-0.1, -0.05) is 65.1 Å². The topological polar surface area (TPSA) is 29.1 Å². The highest BCUT2D eigenvalue weighted by molar-refractivity contribution is 7.99. The highest BCUT2D eigenvalue weighted by Gasteiger charge is 2.32. The fourth-order valence-electron chi connectivity index (χ4n) is 1.05. The van der Waals surface area contributed by atoms with Crippen LogP contribution in [0.4, 0.5) is 0 Å². The lowest BCUT2D eigenvalue weighted by molar-refractivity contribution is -0.109. The lowest BCUT2D eigenvalue weighted by Gasteiger charge is -2.22. The number of halogens is 3. The SMILES string of the molecule is O=CN[C@H](SCc1ccccc1)C(Cl)(Cl)Cl. The van der Waals surface area contributed by atoms with Gasteiger partial charge in [-0.2, -0.15) is 0 Å². The molecule has 6 heteroatoms. The fraction of sp³-hybridized carbons (Fsp3) is 0.300. The first-order valence-corrected chi connectivity index (χ1v) is 6.64. The Bertz CT molecular complexity index is 329. The zero-order chi connectivity index (χ0) is 12.0. The Hall–Kier alpha value is -0.0900. The molecule has 0 unspecified atom stereocenters. The Labute approximate surface area is 114 Å². The second kappa shape index (κ2) is 6.60. The number of nitrogens with one attached hydrogen (secondary N) is 1. The first-order chi connectivity index (χ1) is 7.54. The molecule has 0 radical (unpaired) electrons. The highest BCUT2D eigenvalue weighted by Crippen LogP contribution is 2.37. The van der Waals surface area contributed by atoms with Crippen molar-refractivity contribution in [2.24, 2.45) is 0 Å². The van der Waals surface area contributed by atoms with Gasteiger partial charge in [-0.25, -0.2) is 0 Å². The molecular formula is C10H10Cl3NOS. The van der Waals surface area contributed by atoms with E-state index in [9.17, 15) is 4.79 Å². The number of carbonyl (C=O) groups is 1. The van der Waals surface area contributed by atoms with Gasteiger partial charge in [0.15, 0.2) is 0 Å². The molecule has 1 N–H and O–H groups in total. The Morgan fingerprint density at radius 3 is 2.44 bits per heavy atom. The smallest absolute Gasteiger partial charge is 0.219 e. The van der Waals surface area contributed by atoms with Gasteiger partial charge in [0.2, 0.25) is 10.2 Å². The van der Waals surface area contributed by atoms with Gasteiger partial charge in [0.25, 0.3) is 0 Å². The summed E-state index contributed by atoms with van der Waals surface area (Å²) >= 11 is 18.6. The first kappa shape index (κ1) is 14.0. The van der Waals surface area contributed by atoms with Crippen molar-refractivity contribution in [2.45, 2.75) is 14.9 Å². The lowest BCUT2D eigenvalue weighted by Crippen LogP contribution is -2.36. The summed E-state index contributed by atoms with van der Waals surface area (Å²) in [7, 11) is 0. The molecule has 0 aliphatic heterocycles. The molecule has 0 bridgehead atoms. The van der Waals surface area contributed by atoms with Gasteiger partial charge in [-0.3, -0.25) is 4.79 Å². The Balaban J connectivity index is 2.54. The third kappa shape index (κ3) is 4.83. The molecule has 0 aliphatic carbocycles. The maximum Gasteiger partial charge on any atom is 0.219 e. The molecule has 1 aromatic rings. The molecule has 0 aliphatic rings. The number of benzene rings is 1. The number of carbonyl (C=O) groups excluding carboxylic acids is 1. The number of rotatable bonds is 5. The zero-order valence-electron chi connectivity index (χ0n) is 8.20. The van der Waals surface area contributed by atoms with Crippen LogP contribution < -0.4 is 5.32 Å². The molecule has 16 heavy (non-hydrogen) atoms. The molecule has 0 saturated carbocycles. The van der Waals surface area contributed by atoms with Gasteiger partial charge in [0.05, 0.1) is 0 Å². The molecule has 88 valence electrons. The Kier molecular flexibility index (Phi) is 5.76. The van der Waals surface area contributed by atoms with E-state index in [0.29, 0.717) is 12.2 Å². The summed E-state index contributed by atoms with van der Waals surface area (Å²) in [5.74, 6) is 0.667. The van der Waals surface area contributed by atoms with E-state index in [0.717, 1.165) is 5.56 Å². The molecule has 1 aromatic carbocycles. The predicted molar refractivity (Wildman–Crippen MR) is 71.0 cm³/mol. The summed E-state index contributed by atoms with van der Waals surface area (Å²) in [6, 6.07) is 9.76. The summed E-state index contributed by atoms with van der Waals surface area (Å²) in [5, 5.41) is 1.92. The zero-order valence-corrected chi connectivity index (χ0v) is 11.3. The van der Waals surface area contributed by atoms with E-state index in [1.165, 1.54) is 11.8 Å². The second-order valence-electron chi connectivity index (χ2n) is 3.00. The van der Waals surface area contributed by atoms with Crippen molar-refractivity contribution < 1.29 is 4.79 Å². The molecule has 0 spiro atoms. The van der Waals surface area contributed by atoms with E-state index in [2.05, 4.69) is 5.32 Å². The number of alkyl halides is 3. The van der Waals surface area contributed by atoms with Gasteiger partial charge in [0, 0.05) is 5.75 Å². The molecule has 0 saturated heterocycles. The Morgan fingerprint density at radius 1 is 1.31 bits per heavy atom. The van der Waals surface area contributed by atoms with E-state index in [4.69, 9.17) is 34.8 Å². The average molecular weight is 299 g/mol. The number of thioether (sulfide) groups is 1. The van der Waals surface area contributed by atoms with Crippen molar-refractivity contribution in [2.75, 3.05) is 0 Å². The quantitative estimate of drug-likeness (QED) is 0.513. The van der Waals surface area contributed by atoms with Gasteiger partial charge in [-0.15, -0.1) is 11.8 Å². The summed E-state index contributed by atoms with van der Waals surface area (Å²) in [5.41, 5.74) is 1.11. The van der Waals surface area contributed by atoms with Crippen LogP contribution in [0.15, 0.2) is 30.3 Å². The lowest BCUT2D eigenvalue weighted by atomic mass is 10.2. The fourth-order valence-corrected chi connectivity index (χ4v) is 2.70. The normalized spacial score (nSPS) is 13.2. The second-order valence-corrected chi connectivity index (χ2v) is 6.47. The first-order valence-electron chi connectivity index (χ1n) is 4.46. The van der Waals surface area contributed by atoms with Gasteiger partial charge in [-0.05, 0) is 5.56 Å². The molecule has 0 fully saturated rings. The molecule has 0 aromatic heterocycles. The van der Waals surface area contributed by atoms with E-state index in [1.807, 2.05) is 30.3 Å². The van der Waals surface area contributed by atoms with Crippen LogP contribution in [0.1, 0.15) is 5.56 Å². The van der Waals surface area contributed by atoms with Crippen molar-refractivity contribution in [1.82, 2.24) is 5.32 Å². The average Bonchev–Trinajstić information content (AvgIpc) is 2.24. The molecule has 0 heterocycles. The van der Waals surface area contributed by atoms with E-state index >= 15 is 0 Å². The number of hydrogen-bond acceptors (Lipinski definition) is 2. The monoisotopic (exact) mass is 297 g/mol. The summed E-state index contributed by atoms with van der Waals surface area (Å²) in [6.45, 7) is 0. The summed E-state index contributed by atoms with van der Waals surface area (Å²) in [6.07, 6.45) is 0.532. The number of hydrogen-bond donors (Lipinski definition) is 1. The van der Waals surface area contributed by atoms with Crippen LogP contribution in [0, 0.1) is 0 Å². The van der Waals surface area contributed by atoms with Gasteiger partial charge >= 0.3 is 0 Å². The molecular weight excluding hydrogens is 289 g/mol. The highest BCUT2D eigenvalue weighted by atomic mass is 35.6. The van der Waals surface area contributed by atoms with Crippen LogP contribution in [0.5, 0.6) is 0 Å². The van der Waals surface area contributed by atoms with Crippen molar-refractivity contribution in [3.05, 3.63) is 35.9 Å².